The number of hydrogen-bond acceptors (Lipinski definition) is 2. The van der Waals surface area contributed by atoms with Crippen LogP contribution < -0.4 is 9.80 Å². The van der Waals surface area contributed by atoms with Crippen LogP contribution in [0.15, 0.2) is 18.2 Å². The molecule has 0 saturated carbocycles. The minimum absolute atomic E-state index is 0.0657. The number of anilines is 2. The fourth-order valence-corrected chi connectivity index (χ4v) is 3.22. The molecule has 2 aliphatic rings. The van der Waals surface area contributed by atoms with Gasteiger partial charge in [0.05, 0.1) is 0 Å². The molecule has 1 aromatic carbocycles. The summed E-state index contributed by atoms with van der Waals surface area (Å²) in [6.07, 6.45) is 1.38. The maximum Gasteiger partial charge on any atom is 0.227 e. The zero-order valence-corrected chi connectivity index (χ0v) is 12.2. The molecule has 0 aromatic heterocycles. The quantitative estimate of drug-likeness (QED) is 0.784. The molecule has 3 rings (SSSR count). The maximum atomic E-state index is 12.0. The highest BCUT2D eigenvalue weighted by Crippen LogP contribution is 2.34. The van der Waals surface area contributed by atoms with E-state index in [1.165, 1.54) is 0 Å². The standard InChI is InChI=1S/C15H17ClN2O2/c1-10(19)17-5-4-12-7-13(2-3-14(12)17)18-9-11(8-16)6-15(18)20/h2-3,7,11H,4-6,8-9H2,1H3. The van der Waals surface area contributed by atoms with Gasteiger partial charge >= 0.3 is 0 Å². The number of benzene rings is 1. The molecule has 5 heteroatoms. The van der Waals surface area contributed by atoms with Crippen LogP contribution in [0.1, 0.15) is 18.9 Å². The van der Waals surface area contributed by atoms with Crippen LogP contribution in [0, 0.1) is 5.92 Å². The molecule has 2 aliphatic heterocycles. The average Bonchev–Trinajstić information content (AvgIpc) is 3.01. The predicted molar refractivity (Wildman–Crippen MR) is 79.4 cm³/mol. The molecule has 0 bridgehead atoms. The Morgan fingerprint density at radius 1 is 1.45 bits per heavy atom. The second-order valence-electron chi connectivity index (χ2n) is 5.46. The van der Waals surface area contributed by atoms with E-state index in [1.54, 1.807) is 11.8 Å². The summed E-state index contributed by atoms with van der Waals surface area (Å²) >= 11 is 5.85. The van der Waals surface area contributed by atoms with Crippen molar-refractivity contribution in [2.75, 3.05) is 28.8 Å². The summed E-state index contributed by atoms with van der Waals surface area (Å²) in [6.45, 7) is 3.00. The Balaban J connectivity index is 1.87. The first-order valence-electron chi connectivity index (χ1n) is 6.87. The van der Waals surface area contributed by atoms with Gasteiger partial charge in [0.2, 0.25) is 11.8 Å². The fourth-order valence-electron chi connectivity index (χ4n) is 3.02. The van der Waals surface area contributed by atoms with Crippen LogP contribution in [0.25, 0.3) is 0 Å². The second-order valence-corrected chi connectivity index (χ2v) is 5.77. The number of nitrogens with zero attached hydrogens (tertiary/aromatic N) is 2. The largest absolute Gasteiger partial charge is 0.312 e. The van der Waals surface area contributed by atoms with Crippen LogP contribution in [0.2, 0.25) is 0 Å². The van der Waals surface area contributed by atoms with Gasteiger partial charge in [-0.2, -0.15) is 0 Å². The van der Waals surface area contributed by atoms with Crippen LogP contribution >= 0.6 is 11.6 Å². The van der Waals surface area contributed by atoms with Crippen LogP contribution in [0.4, 0.5) is 11.4 Å². The van der Waals surface area contributed by atoms with Crippen LogP contribution in [-0.2, 0) is 16.0 Å². The van der Waals surface area contributed by atoms with Crippen molar-refractivity contribution in [1.82, 2.24) is 0 Å². The molecular formula is C15H17ClN2O2. The zero-order valence-electron chi connectivity index (χ0n) is 11.4. The van der Waals surface area contributed by atoms with Gasteiger partial charge in [-0.05, 0) is 36.1 Å². The molecule has 2 amide bonds. The van der Waals surface area contributed by atoms with Gasteiger partial charge in [0, 0.05) is 43.7 Å². The normalized spacial score (nSPS) is 21.5. The molecule has 0 aliphatic carbocycles. The van der Waals surface area contributed by atoms with Crippen molar-refractivity contribution < 1.29 is 9.59 Å². The lowest BCUT2D eigenvalue weighted by molar-refractivity contribution is -0.117. The molecule has 1 atom stereocenters. The smallest absolute Gasteiger partial charge is 0.227 e. The number of carbonyl (C=O) groups excluding carboxylic acids is 2. The Hall–Kier alpha value is -1.55. The molecule has 1 aromatic rings. The minimum Gasteiger partial charge on any atom is -0.312 e. The van der Waals surface area contributed by atoms with Crippen molar-refractivity contribution in [1.29, 1.82) is 0 Å². The van der Waals surface area contributed by atoms with E-state index in [9.17, 15) is 9.59 Å². The lowest BCUT2D eigenvalue weighted by Crippen LogP contribution is -2.26. The third kappa shape index (κ3) is 2.18. The lowest BCUT2D eigenvalue weighted by atomic mass is 10.1. The van der Waals surface area contributed by atoms with Crippen LogP contribution in [0.5, 0.6) is 0 Å². The molecule has 1 saturated heterocycles. The number of hydrogen-bond donors (Lipinski definition) is 0. The third-order valence-electron chi connectivity index (χ3n) is 4.07. The van der Waals surface area contributed by atoms with E-state index in [4.69, 9.17) is 11.6 Å². The van der Waals surface area contributed by atoms with E-state index in [2.05, 4.69) is 0 Å². The maximum absolute atomic E-state index is 12.0. The zero-order chi connectivity index (χ0) is 14.3. The molecular weight excluding hydrogens is 276 g/mol. The van der Waals surface area contributed by atoms with E-state index >= 15 is 0 Å². The summed E-state index contributed by atoms with van der Waals surface area (Å²) in [5.41, 5.74) is 3.04. The van der Waals surface area contributed by atoms with Gasteiger partial charge in [-0.25, -0.2) is 0 Å². The van der Waals surface area contributed by atoms with Crippen molar-refractivity contribution in [3.8, 4) is 0 Å². The van der Waals surface area contributed by atoms with Crippen molar-refractivity contribution in [3.63, 3.8) is 0 Å². The first-order valence-corrected chi connectivity index (χ1v) is 7.41. The van der Waals surface area contributed by atoms with Crippen molar-refractivity contribution in [3.05, 3.63) is 23.8 Å². The Morgan fingerprint density at radius 3 is 2.90 bits per heavy atom. The van der Waals surface area contributed by atoms with E-state index in [0.29, 0.717) is 18.8 Å². The summed E-state index contributed by atoms with van der Waals surface area (Å²) in [5, 5.41) is 0. The average molecular weight is 293 g/mol. The first-order chi connectivity index (χ1) is 9.60. The summed E-state index contributed by atoms with van der Waals surface area (Å²) in [6, 6.07) is 5.90. The molecule has 1 fully saturated rings. The van der Waals surface area contributed by atoms with Crippen LogP contribution in [-0.4, -0.2) is 30.8 Å². The topological polar surface area (TPSA) is 40.6 Å². The SMILES string of the molecule is CC(=O)N1CCc2cc(N3CC(CCl)CC3=O)ccc21. The van der Waals surface area contributed by atoms with Gasteiger partial charge in [0.25, 0.3) is 0 Å². The number of fused-ring (bicyclic) bond motifs is 1. The van der Waals surface area contributed by atoms with Gasteiger partial charge in [0.1, 0.15) is 0 Å². The molecule has 0 spiro atoms. The monoisotopic (exact) mass is 292 g/mol. The number of amides is 2. The Kier molecular flexibility index (Phi) is 3.42. The Labute approximate surface area is 123 Å². The van der Waals surface area contributed by atoms with Gasteiger partial charge in [-0.15, -0.1) is 11.6 Å². The molecule has 0 N–H and O–H groups in total. The van der Waals surface area contributed by atoms with E-state index < -0.39 is 0 Å². The highest BCUT2D eigenvalue weighted by molar-refractivity contribution is 6.18. The number of carbonyl (C=O) groups is 2. The molecule has 4 nitrogen and oxygen atoms in total. The molecule has 20 heavy (non-hydrogen) atoms. The summed E-state index contributed by atoms with van der Waals surface area (Å²) in [4.78, 5) is 27.1. The Morgan fingerprint density at radius 2 is 2.25 bits per heavy atom. The van der Waals surface area contributed by atoms with Crippen molar-refractivity contribution in [2.45, 2.75) is 19.8 Å². The van der Waals surface area contributed by atoms with E-state index in [-0.39, 0.29) is 17.7 Å². The summed E-state index contributed by atoms with van der Waals surface area (Å²) < 4.78 is 0. The van der Waals surface area contributed by atoms with Gasteiger partial charge in [-0.1, -0.05) is 0 Å². The van der Waals surface area contributed by atoms with Crippen molar-refractivity contribution in [2.24, 2.45) is 5.92 Å². The number of alkyl halides is 1. The first kappa shape index (κ1) is 13.4. The third-order valence-corrected chi connectivity index (χ3v) is 4.51. The van der Waals surface area contributed by atoms with Crippen molar-refractivity contribution >= 4 is 34.8 Å². The minimum atomic E-state index is 0.0657. The second kappa shape index (κ2) is 5.09. The number of rotatable bonds is 2. The molecule has 106 valence electrons. The van der Waals surface area contributed by atoms with Gasteiger partial charge < -0.3 is 9.80 Å². The molecule has 1 unspecified atom stereocenters. The highest BCUT2D eigenvalue weighted by atomic mass is 35.5. The molecule has 2 heterocycles. The summed E-state index contributed by atoms with van der Waals surface area (Å²) in [5.74, 6) is 0.963. The van der Waals surface area contributed by atoms with Gasteiger partial charge in [0.15, 0.2) is 0 Å². The Bertz CT molecular complexity index is 573. The van der Waals surface area contributed by atoms with E-state index in [1.807, 2.05) is 23.1 Å². The fraction of sp³-hybridized carbons (Fsp3) is 0.467. The number of halogens is 1. The van der Waals surface area contributed by atoms with E-state index in [0.717, 1.165) is 29.9 Å². The van der Waals surface area contributed by atoms with Gasteiger partial charge in [-0.3, -0.25) is 9.59 Å². The summed E-state index contributed by atoms with van der Waals surface area (Å²) in [7, 11) is 0. The van der Waals surface area contributed by atoms with Crippen LogP contribution in [0.3, 0.4) is 0 Å². The predicted octanol–water partition coefficient (Wildman–Crippen LogP) is 2.19. The highest BCUT2D eigenvalue weighted by Gasteiger charge is 2.31. The lowest BCUT2D eigenvalue weighted by Gasteiger charge is -2.19. The molecule has 0 radical (unpaired) electrons.